The van der Waals surface area contributed by atoms with Crippen LogP contribution < -0.4 is 19.5 Å². The molecule has 0 spiro atoms. The van der Waals surface area contributed by atoms with Gasteiger partial charge in [0.15, 0.2) is 17.6 Å². The van der Waals surface area contributed by atoms with Crippen molar-refractivity contribution in [2.45, 2.75) is 32.9 Å². The van der Waals surface area contributed by atoms with Crippen LogP contribution in [0.1, 0.15) is 31.1 Å². The zero-order chi connectivity index (χ0) is 17.0. The fraction of sp³-hybridized carbons (Fsp3) is 0.500. The van der Waals surface area contributed by atoms with Crippen LogP contribution in [-0.2, 0) is 9.53 Å². The number of methoxy groups -OCH3 is 1. The smallest absolute Gasteiger partial charge is 0.339 e. The molecule has 1 aromatic rings. The molecular formula is C16H21NO6. The largest absolute Gasteiger partial charge is 0.493 e. The van der Waals surface area contributed by atoms with E-state index in [1.54, 1.807) is 0 Å². The Bertz CT molecular complexity index is 581. The molecule has 0 fully saturated rings. The fourth-order valence-corrected chi connectivity index (χ4v) is 2.07. The van der Waals surface area contributed by atoms with Gasteiger partial charge in [0, 0.05) is 6.04 Å². The molecule has 1 aliphatic rings. The summed E-state index contributed by atoms with van der Waals surface area (Å²) in [5.41, 5.74) is 0.232. The van der Waals surface area contributed by atoms with Crippen LogP contribution in [0.2, 0.25) is 0 Å². The fourth-order valence-electron chi connectivity index (χ4n) is 2.07. The van der Waals surface area contributed by atoms with Crippen molar-refractivity contribution in [3.63, 3.8) is 0 Å². The molecule has 1 aliphatic heterocycles. The van der Waals surface area contributed by atoms with E-state index in [0.717, 1.165) is 0 Å². The third-order valence-electron chi connectivity index (χ3n) is 3.15. The summed E-state index contributed by atoms with van der Waals surface area (Å²) in [5.74, 6) is 0.278. The van der Waals surface area contributed by atoms with E-state index in [1.807, 2.05) is 13.8 Å². The summed E-state index contributed by atoms with van der Waals surface area (Å²) in [6.45, 7) is 5.99. The van der Waals surface area contributed by atoms with Crippen molar-refractivity contribution in [3.05, 3.63) is 17.7 Å². The van der Waals surface area contributed by atoms with Crippen LogP contribution in [0.4, 0.5) is 0 Å². The Kier molecular flexibility index (Phi) is 5.31. The SMILES string of the molecule is COc1cc(C(=O)OC(C)C(=O)NC(C)C)cc2c1OCCO2. The molecule has 7 heteroatoms. The first kappa shape index (κ1) is 16.9. The van der Waals surface area contributed by atoms with E-state index < -0.39 is 12.1 Å². The van der Waals surface area contributed by atoms with Crippen molar-refractivity contribution in [2.24, 2.45) is 0 Å². The molecule has 1 unspecified atom stereocenters. The standard InChI is InChI=1S/C16H21NO6/c1-9(2)17-15(18)10(3)23-16(19)11-7-12(20-4)14-13(8-11)21-5-6-22-14/h7-10H,5-6H2,1-4H3,(H,17,18). The minimum atomic E-state index is -0.899. The third-order valence-corrected chi connectivity index (χ3v) is 3.15. The molecule has 7 nitrogen and oxygen atoms in total. The van der Waals surface area contributed by atoms with Crippen LogP contribution in [0, 0.1) is 0 Å². The van der Waals surface area contributed by atoms with Gasteiger partial charge in [-0.05, 0) is 32.9 Å². The lowest BCUT2D eigenvalue weighted by Gasteiger charge is -2.21. The maximum Gasteiger partial charge on any atom is 0.339 e. The van der Waals surface area contributed by atoms with E-state index in [9.17, 15) is 9.59 Å². The van der Waals surface area contributed by atoms with Gasteiger partial charge in [0.25, 0.3) is 5.91 Å². The molecule has 0 radical (unpaired) electrons. The highest BCUT2D eigenvalue weighted by Crippen LogP contribution is 2.40. The highest BCUT2D eigenvalue weighted by molar-refractivity contribution is 5.93. The van der Waals surface area contributed by atoms with Gasteiger partial charge in [-0.25, -0.2) is 4.79 Å². The highest BCUT2D eigenvalue weighted by Gasteiger charge is 2.24. The van der Waals surface area contributed by atoms with Crippen LogP contribution in [-0.4, -0.2) is 44.3 Å². The first-order valence-corrected chi connectivity index (χ1v) is 7.41. The predicted octanol–water partition coefficient (Wildman–Crippen LogP) is 1.54. The van der Waals surface area contributed by atoms with Gasteiger partial charge in [-0.2, -0.15) is 0 Å². The second kappa shape index (κ2) is 7.21. The van der Waals surface area contributed by atoms with E-state index in [1.165, 1.54) is 26.2 Å². The van der Waals surface area contributed by atoms with Crippen LogP contribution in [0.25, 0.3) is 0 Å². The molecule has 1 amide bonds. The molecule has 2 rings (SSSR count). The van der Waals surface area contributed by atoms with Gasteiger partial charge in [0.05, 0.1) is 12.7 Å². The molecule has 1 atom stereocenters. The molecule has 1 heterocycles. The number of benzene rings is 1. The Morgan fingerprint density at radius 3 is 2.52 bits per heavy atom. The Labute approximate surface area is 134 Å². The van der Waals surface area contributed by atoms with Crippen LogP contribution in [0.3, 0.4) is 0 Å². The zero-order valence-electron chi connectivity index (χ0n) is 13.7. The molecular weight excluding hydrogens is 302 g/mol. The van der Waals surface area contributed by atoms with E-state index in [4.69, 9.17) is 18.9 Å². The van der Waals surface area contributed by atoms with Crippen molar-refractivity contribution in [3.8, 4) is 17.2 Å². The summed E-state index contributed by atoms with van der Waals surface area (Å²) in [4.78, 5) is 24.1. The molecule has 1 aromatic carbocycles. The quantitative estimate of drug-likeness (QED) is 0.828. The second-order valence-electron chi connectivity index (χ2n) is 5.41. The van der Waals surface area contributed by atoms with Gasteiger partial charge in [-0.15, -0.1) is 0 Å². The molecule has 0 bridgehead atoms. The number of carbonyl (C=O) groups is 2. The van der Waals surface area contributed by atoms with Crippen molar-refractivity contribution in [1.29, 1.82) is 0 Å². The maximum absolute atomic E-state index is 12.2. The number of carbonyl (C=O) groups excluding carboxylic acids is 2. The molecule has 0 aliphatic carbocycles. The number of ether oxygens (including phenoxy) is 4. The summed E-state index contributed by atoms with van der Waals surface area (Å²) in [7, 11) is 1.47. The van der Waals surface area contributed by atoms with E-state index in [-0.39, 0.29) is 17.5 Å². The number of esters is 1. The molecule has 0 saturated heterocycles. The van der Waals surface area contributed by atoms with E-state index in [0.29, 0.717) is 30.5 Å². The average Bonchev–Trinajstić information content (AvgIpc) is 2.52. The van der Waals surface area contributed by atoms with Crippen LogP contribution >= 0.6 is 0 Å². The Morgan fingerprint density at radius 2 is 1.87 bits per heavy atom. The second-order valence-corrected chi connectivity index (χ2v) is 5.41. The first-order valence-electron chi connectivity index (χ1n) is 7.41. The molecule has 0 aromatic heterocycles. The average molecular weight is 323 g/mol. The van der Waals surface area contributed by atoms with E-state index >= 15 is 0 Å². The summed E-state index contributed by atoms with van der Waals surface area (Å²) < 4.78 is 21.3. The van der Waals surface area contributed by atoms with Crippen LogP contribution in [0.15, 0.2) is 12.1 Å². The number of hydrogen-bond acceptors (Lipinski definition) is 6. The van der Waals surface area contributed by atoms with Gasteiger partial charge >= 0.3 is 5.97 Å². The Morgan fingerprint density at radius 1 is 1.17 bits per heavy atom. The molecule has 23 heavy (non-hydrogen) atoms. The Balaban J connectivity index is 2.14. The lowest BCUT2D eigenvalue weighted by Crippen LogP contribution is -2.39. The number of nitrogens with one attached hydrogen (secondary N) is 1. The van der Waals surface area contributed by atoms with Crippen molar-refractivity contribution in [1.82, 2.24) is 5.32 Å². The lowest BCUT2D eigenvalue weighted by atomic mass is 10.1. The van der Waals surface area contributed by atoms with Crippen LogP contribution in [0.5, 0.6) is 17.2 Å². The maximum atomic E-state index is 12.2. The number of rotatable bonds is 5. The molecule has 126 valence electrons. The highest BCUT2D eigenvalue weighted by atomic mass is 16.6. The van der Waals surface area contributed by atoms with Crippen molar-refractivity contribution < 1.29 is 28.5 Å². The predicted molar refractivity (Wildman–Crippen MR) is 82.1 cm³/mol. The normalized spacial score (nSPS) is 14.1. The summed E-state index contributed by atoms with van der Waals surface area (Å²) in [5, 5.41) is 2.69. The zero-order valence-corrected chi connectivity index (χ0v) is 13.7. The topological polar surface area (TPSA) is 83.1 Å². The van der Waals surface area contributed by atoms with Gasteiger partial charge in [0.2, 0.25) is 5.75 Å². The van der Waals surface area contributed by atoms with Gasteiger partial charge in [-0.1, -0.05) is 0 Å². The Hall–Kier alpha value is -2.44. The third kappa shape index (κ3) is 4.06. The molecule has 0 saturated carbocycles. The summed E-state index contributed by atoms with van der Waals surface area (Å²) >= 11 is 0. The number of fused-ring (bicyclic) bond motifs is 1. The summed E-state index contributed by atoms with van der Waals surface area (Å²) in [6.07, 6.45) is -0.899. The van der Waals surface area contributed by atoms with Gasteiger partial charge < -0.3 is 24.3 Å². The minimum Gasteiger partial charge on any atom is -0.493 e. The van der Waals surface area contributed by atoms with E-state index in [2.05, 4.69) is 5.32 Å². The van der Waals surface area contributed by atoms with Gasteiger partial charge in [0.1, 0.15) is 13.2 Å². The first-order chi connectivity index (χ1) is 10.9. The number of hydrogen-bond donors (Lipinski definition) is 1. The van der Waals surface area contributed by atoms with Crippen molar-refractivity contribution >= 4 is 11.9 Å². The summed E-state index contributed by atoms with van der Waals surface area (Å²) in [6, 6.07) is 2.99. The molecule has 1 N–H and O–H groups in total. The van der Waals surface area contributed by atoms with Gasteiger partial charge in [-0.3, -0.25) is 4.79 Å². The lowest BCUT2D eigenvalue weighted by molar-refractivity contribution is -0.129. The van der Waals surface area contributed by atoms with Crippen molar-refractivity contribution in [2.75, 3.05) is 20.3 Å². The minimum absolute atomic E-state index is 0.0296. The monoisotopic (exact) mass is 323 g/mol. The number of amides is 1.